The van der Waals surface area contributed by atoms with Gasteiger partial charge in [-0.3, -0.25) is 14.2 Å². The van der Waals surface area contributed by atoms with E-state index in [9.17, 15) is 9.59 Å². The summed E-state index contributed by atoms with van der Waals surface area (Å²) >= 11 is 5.34. The SMILES string of the molecule is CN(CCNC(=O)CCCCCn1c(=S)[nH]c2ccccc2c1=O)Cc1ccccc1. The number of para-hydroxylation sites is 1. The van der Waals surface area contributed by atoms with E-state index < -0.39 is 0 Å². The maximum atomic E-state index is 12.6. The molecule has 0 fully saturated rings. The molecule has 0 saturated heterocycles. The van der Waals surface area contributed by atoms with Crippen molar-refractivity contribution >= 4 is 29.0 Å². The van der Waals surface area contributed by atoms with Crippen LogP contribution in [-0.2, 0) is 17.9 Å². The fourth-order valence-corrected chi connectivity index (χ4v) is 3.87. The second kappa shape index (κ2) is 11.6. The summed E-state index contributed by atoms with van der Waals surface area (Å²) in [6, 6.07) is 17.7. The standard InChI is InChI=1S/C24H30N4O2S/c1-27(18-19-10-4-2-5-11-19)17-15-25-22(29)14-6-3-9-16-28-23(30)20-12-7-8-13-21(20)26-24(28)31/h2,4-5,7-8,10-13H,3,6,9,14-18H2,1H3,(H,25,29)(H,26,31). The molecule has 6 nitrogen and oxygen atoms in total. The van der Waals surface area contributed by atoms with Crippen LogP contribution in [0.5, 0.6) is 0 Å². The monoisotopic (exact) mass is 438 g/mol. The highest BCUT2D eigenvalue weighted by Gasteiger charge is 2.06. The molecule has 3 rings (SSSR count). The lowest BCUT2D eigenvalue weighted by molar-refractivity contribution is -0.121. The number of H-pyrrole nitrogens is 1. The van der Waals surface area contributed by atoms with Gasteiger partial charge in [0, 0.05) is 32.6 Å². The van der Waals surface area contributed by atoms with E-state index in [4.69, 9.17) is 12.2 Å². The van der Waals surface area contributed by atoms with E-state index in [1.165, 1.54) is 5.56 Å². The van der Waals surface area contributed by atoms with E-state index in [0.29, 0.717) is 29.7 Å². The Morgan fingerprint density at radius 3 is 2.61 bits per heavy atom. The van der Waals surface area contributed by atoms with Crippen molar-refractivity contribution in [1.82, 2.24) is 19.8 Å². The van der Waals surface area contributed by atoms with Crippen LogP contribution in [0.3, 0.4) is 0 Å². The first-order valence-corrected chi connectivity index (χ1v) is 11.2. The Morgan fingerprint density at radius 2 is 1.81 bits per heavy atom. The number of hydrogen-bond acceptors (Lipinski definition) is 4. The number of nitrogens with zero attached hydrogens (tertiary/aromatic N) is 2. The van der Waals surface area contributed by atoms with Gasteiger partial charge < -0.3 is 15.2 Å². The van der Waals surface area contributed by atoms with Crippen LogP contribution in [0.2, 0.25) is 0 Å². The van der Waals surface area contributed by atoms with Gasteiger partial charge in [-0.25, -0.2) is 0 Å². The van der Waals surface area contributed by atoms with Gasteiger partial charge in [0.1, 0.15) is 0 Å². The number of benzene rings is 2. The number of likely N-dealkylation sites (N-methyl/N-ethyl adjacent to an activating group) is 1. The molecule has 0 bridgehead atoms. The minimum absolute atomic E-state index is 0.0586. The molecule has 7 heteroatoms. The van der Waals surface area contributed by atoms with Crippen molar-refractivity contribution in [3.05, 3.63) is 75.3 Å². The number of nitrogens with one attached hydrogen (secondary N) is 2. The fraction of sp³-hybridized carbons (Fsp3) is 0.375. The molecule has 0 aliphatic carbocycles. The van der Waals surface area contributed by atoms with Crippen molar-refractivity contribution in [3.8, 4) is 0 Å². The lowest BCUT2D eigenvalue weighted by Gasteiger charge is -2.17. The number of hydrogen-bond donors (Lipinski definition) is 2. The number of carbonyl (C=O) groups excluding carboxylic acids is 1. The van der Waals surface area contributed by atoms with Gasteiger partial charge in [-0.15, -0.1) is 0 Å². The number of aromatic amines is 1. The van der Waals surface area contributed by atoms with Gasteiger partial charge in [0.15, 0.2) is 4.77 Å². The van der Waals surface area contributed by atoms with Crippen molar-refractivity contribution < 1.29 is 4.79 Å². The summed E-state index contributed by atoms with van der Waals surface area (Å²) in [7, 11) is 2.05. The zero-order chi connectivity index (χ0) is 22.1. The zero-order valence-corrected chi connectivity index (χ0v) is 18.8. The van der Waals surface area contributed by atoms with E-state index >= 15 is 0 Å². The summed E-state index contributed by atoms with van der Waals surface area (Å²) in [6.45, 7) is 2.88. The molecule has 3 aromatic rings. The Balaban J connectivity index is 1.33. The van der Waals surface area contributed by atoms with Crippen LogP contribution in [0, 0.1) is 4.77 Å². The maximum absolute atomic E-state index is 12.6. The zero-order valence-electron chi connectivity index (χ0n) is 18.0. The van der Waals surface area contributed by atoms with Crippen LogP contribution in [0.1, 0.15) is 31.2 Å². The van der Waals surface area contributed by atoms with Crippen LogP contribution >= 0.6 is 12.2 Å². The molecule has 0 aliphatic rings. The molecule has 2 N–H and O–H groups in total. The van der Waals surface area contributed by atoms with Crippen LogP contribution in [0.25, 0.3) is 10.9 Å². The molecule has 164 valence electrons. The van der Waals surface area contributed by atoms with Gasteiger partial charge >= 0.3 is 0 Å². The summed E-state index contributed by atoms with van der Waals surface area (Å²) in [4.78, 5) is 30.0. The van der Waals surface area contributed by atoms with E-state index in [1.807, 2.05) is 36.4 Å². The first kappa shape index (κ1) is 22.9. The predicted molar refractivity (Wildman–Crippen MR) is 128 cm³/mol. The lowest BCUT2D eigenvalue weighted by atomic mass is 10.2. The second-order valence-corrected chi connectivity index (χ2v) is 8.20. The summed E-state index contributed by atoms with van der Waals surface area (Å²) in [5, 5.41) is 3.63. The van der Waals surface area contributed by atoms with Gasteiger partial charge in [0.2, 0.25) is 5.91 Å². The van der Waals surface area contributed by atoms with Crippen LogP contribution < -0.4 is 10.9 Å². The number of carbonyl (C=O) groups is 1. The molecule has 0 unspecified atom stereocenters. The van der Waals surface area contributed by atoms with Crippen LogP contribution in [0.4, 0.5) is 0 Å². The average molecular weight is 439 g/mol. The maximum Gasteiger partial charge on any atom is 0.262 e. The highest BCUT2D eigenvalue weighted by atomic mass is 32.1. The Hall–Kier alpha value is -2.77. The quantitative estimate of drug-likeness (QED) is 0.352. The number of unbranched alkanes of at least 4 members (excludes halogenated alkanes) is 2. The molecule has 0 saturated carbocycles. The summed E-state index contributed by atoms with van der Waals surface area (Å²) in [5.41, 5.74) is 1.97. The smallest absolute Gasteiger partial charge is 0.262 e. The van der Waals surface area contributed by atoms with Crippen molar-refractivity contribution in [2.45, 2.75) is 38.8 Å². The summed E-state index contributed by atoms with van der Waals surface area (Å²) in [6.07, 6.45) is 2.98. The number of aromatic nitrogens is 2. The Labute approximate surface area is 187 Å². The average Bonchev–Trinajstić information content (AvgIpc) is 2.76. The predicted octanol–water partition coefficient (Wildman–Crippen LogP) is 3.87. The van der Waals surface area contributed by atoms with Crippen molar-refractivity contribution in [1.29, 1.82) is 0 Å². The lowest BCUT2D eigenvalue weighted by Crippen LogP contribution is -2.32. The van der Waals surface area contributed by atoms with E-state index in [1.54, 1.807) is 10.6 Å². The molecular formula is C24H30N4O2S. The highest BCUT2D eigenvalue weighted by molar-refractivity contribution is 7.71. The molecule has 0 spiro atoms. The Morgan fingerprint density at radius 1 is 1.06 bits per heavy atom. The second-order valence-electron chi connectivity index (χ2n) is 7.82. The largest absolute Gasteiger partial charge is 0.355 e. The fourth-order valence-electron chi connectivity index (χ4n) is 3.58. The van der Waals surface area contributed by atoms with E-state index in [2.05, 4.69) is 34.4 Å². The number of amides is 1. The summed E-state index contributed by atoms with van der Waals surface area (Å²) < 4.78 is 2.06. The minimum Gasteiger partial charge on any atom is -0.355 e. The van der Waals surface area contributed by atoms with Crippen molar-refractivity contribution in [3.63, 3.8) is 0 Å². The van der Waals surface area contributed by atoms with Gasteiger partial charge in [0.05, 0.1) is 10.9 Å². The molecule has 1 amide bonds. The Kier molecular flexibility index (Phi) is 8.55. The molecular weight excluding hydrogens is 408 g/mol. The summed E-state index contributed by atoms with van der Waals surface area (Å²) in [5.74, 6) is 0.0771. The third-order valence-corrected chi connectivity index (χ3v) is 5.61. The minimum atomic E-state index is -0.0586. The van der Waals surface area contributed by atoms with Gasteiger partial charge in [0.25, 0.3) is 5.56 Å². The highest BCUT2D eigenvalue weighted by Crippen LogP contribution is 2.08. The molecule has 2 aromatic carbocycles. The molecule has 0 radical (unpaired) electrons. The topological polar surface area (TPSA) is 70.1 Å². The third kappa shape index (κ3) is 6.87. The Bertz CT molecular complexity index is 1110. The van der Waals surface area contributed by atoms with Gasteiger partial charge in [-0.05, 0) is 49.8 Å². The van der Waals surface area contributed by atoms with Crippen molar-refractivity contribution in [2.75, 3.05) is 20.1 Å². The normalized spacial score (nSPS) is 11.2. The van der Waals surface area contributed by atoms with Gasteiger partial charge in [-0.1, -0.05) is 48.9 Å². The third-order valence-electron chi connectivity index (χ3n) is 5.29. The molecule has 31 heavy (non-hydrogen) atoms. The van der Waals surface area contributed by atoms with Crippen molar-refractivity contribution in [2.24, 2.45) is 0 Å². The van der Waals surface area contributed by atoms with E-state index in [-0.39, 0.29) is 11.5 Å². The van der Waals surface area contributed by atoms with E-state index in [0.717, 1.165) is 37.9 Å². The number of rotatable bonds is 11. The molecule has 0 atom stereocenters. The van der Waals surface area contributed by atoms with Crippen LogP contribution in [0.15, 0.2) is 59.4 Å². The first-order chi connectivity index (χ1) is 15.0. The van der Waals surface area contributed by atoms with Crippen LogP contribution in [-0.4, -0.2) is 40.5 Å². The number of fused-ring (bicyclic) bond motifs is 1. The molecule has 0 aliphatic heterocycles. The molecule has 1 heterocycles. The molecule has 1 aromatic heterocycles. The van der Waals surface area contributed by atoms with Gasteiger partial charge in [-0.2, -0.15) is 0 Å². The first-order valence-electron chi connectivity index (χ1n) is 10.8.